The fraction of sp³-hybridized carbons (Fsp3) is 0.300. The number of aromatic nitrogens is 1. The number of carbonyl (C=O) groups is 2. The number of rotatable bonds is 5. The highest BCUT2D eigenvalue weighted by Crippen LogP contribution is 1.98. The van der Waals surface area contributed by atoms with Gasteiger partial charge in [-0.1, -0.05) is 0 Å². The van der Waals surface area contributed by atoms with Crippen molar-refractivity contribution in [2.45, 2.75) is 13.5 Å². The van der Waals surface area contributed by atoms with Gasteiger partial charge >= 0.3 is 0 Å². The number of Topliss-reactive ketones (excluding diaryl/α,β-unsaturated/α-hetero) is 1. The topological polar surface area (TPSA) is 59.1 Å². The van der Waals surface area contributed by atoms with E-state index in [9.17, 15) is 9.59 Å². The van der Waals surface area contributed by atoms with Crippen molar-refractivity contribution in [2.24, 2.45) is 0 Å². The van der Waals surface area contributed by atoms with E-state index in [0.717, 1.165) is 12.0 Å². The van der Waals surface area contributed by atoms with Crippen LogP contribution in [0.5, 0.6) is 0 Å². The molecule has 0 aliphatic heterocycles. The Morgan fingerprint density at radius 3 is 3.07 bits per heavy atom. The summed E-state index contributed by atoms with van der Waals surface area (Å²) in [5.41, 5.74) is 1.36. The smallest absolute Gasteiger partial charge is 0.150 e. The normalized spacial score (nSPS) is 9.79. The number of nitrogens with zero attached hydrogens (tertiary/aromatic N) is 1. The summed E-state index contributed by atoms with van der Waals surface area (Å²) >= 11 is 0. The van der Waals surface area contributed by atoms with Crippen molar-refractivity contribution in [1.82, 2.24) is 10.3 Å². The fourth-order valence-corrected chi connectivity index (χ4v) is 1.03. The molecule has 0 bridgehead atoms. The van der Waals surface area contributed by atoms with Crippen LogP contribution >= 0.6 is 0 Å². The molecule has 4 heteroatoms. The third-order valence-corrected chi connectivity index (χ3v) is 1.66. The van der Waals surface area contributed by atoms with E-state index < -0.39 is 0 Å². The number of aldehydes is 1. The Kier molecular flexibility index (Phi) is 3.94. The van der Waals surface area contributed by atoms with Crippen LogP contribution in [0.4, 0.5) is 0 Å². The Morgan fingerprint density at radius 2 is 2.43 bits per heavy atom. The molecule has 0 spiro atoms. The highest BCUT2D eigenvalue weighted by Gasteiger charge is 1.97. The van der Waals surface area contributed by atoms with Gasteiger partial charge < -0.3 is 5.32 Å². The van der Waals surface area contributed by atoms with Crippen LogP contribution in [0.15, 0.2) is 18.3 Å². The van der Waals surface area contributed by atoms with Crippen LogP contribution in [-0.2, 0) is 11.3 Å². The van der Waals surface area contributed by atoms with Crippen LogP contribution in [0.2, 0.25) is 0 Å². The lowest BCUT2D eigenvalue weighted by Crippen LogP contribution is -2.20. The quantitative estimate of drug-likeness (QED) is 0.693. The summed E-state index contributed by atoms with van der Waals surface area (Å²) in [7, 11) is 0. The van der Waals surface area contributed by atoms with Crippen molar-refractivity contribution >= 4 is 12.1 Å². The second-order valence-corrected chi connectivity index (χ2v) is 3.00. The molecular formula is C10H12N2O2. The van der Waals surface area contributed by atoms with Gasteiger partial charge in [-0.05, 0) is 19.1 Å². The first kappa shape index (κ1) is 10.5. The summed E-state index contributed by atoms with van der Waals surface area (Å²) in [6.45, 7) is 2.34. The number of hydrogen-bond donors (Lipinski definition) is 1. The fourth-order valence-electron chi connectivity index (χ4n) is 1.03. The molecule has 0 aliphatic carbocycles. The van der Waals surface area contributed by atoms with Crippen molar-refractivity contribution in [3.63, 3.8) is 0 Å². The highest BCUT2D eigenvalue weighted by atomic mass is 16.1. The molecule has 74 valence electrons. The lowest BCUT2D eigenvalue weighted by molar-refractivity contribution is -0.116. The van der Waals surface area contributed by atoms with E-state index in [4.69, 9.17) is 0 Å². The Hall–Kier alpha value is -1.55. The van der Waals surface area contributed by atoms with E-state index in [-0.39, 0.29) is 5.78 Å². The molecule has 1 aromatic rings. The lowest BCUT2D eigenvalue weighted by atomic mass is 10.2. The zero-order valence-corrected chi connectivity index (χ0v) is 7.99. The van der Waals surface area contributed by atoms with Crippen molar-refractivity contribution < 1.29 is 9.59 Å². The van der Waals surface area contributed by atoms with Crippen molar-refractivity contribution in [3.05, 3.63) is 29.6 Å². The number of carbonyl (C=O) groups excluding carboxylic acids is 2. The number of hydrogen-bond acceptors (Lipinski definition) is 4. The van der Waals surface area contributed by atoms with Gasteiger partial charge in [0.2, 0.25) is 0 Å². The zero-order chi connectivity index (χ0) is 10.4. The zero-order valence-electron chi connectivity index (χ0n) is 7.99. The predicted molar refractivity (Wildman–Crippen MR) is 52.0 cm³/mol. The van der Waals surface area contributed by atoms with Gasteiger partial charge in [0.1, 0.15) is 12.1 Å². The summed E-state index contributed by atoms with van der Waals surface area (Å²) in [6.07, 6.45) is 2.35. The molecule has 1 aromatic heterocycles. The molecule has 0 radical (unpaired) electrons. The maximum atomic E-state index is 10.6. The minimum atomic E-state index is 0.0801. The first-order valence-corrected chi connectivity index (χ1v) is 4.32. The van der Waals surface area contributed by atoms with Gasteiger partial charge in [0, 0.05) is 18.3 Å². The van der Waals surface area contributed by atoms with Gasteiger partial charge in [-0.25, -0.2) is 0 Å². The van der Waals surface area contributed by atoms with Crippen LogP contribution in [0.1, 0.15) is 23.0 Å². The standard InChI is InChI=1S/C10H12N2O2/c1-8(14)5-11-6-10-4-9(7-13)2-3-12-10/h2-4,7,11H,5-6H2,1H3. The molecule has 0 saturated carbocycles. The minimum absolute atomic E-state index is 0.0801. The number of nitrogens with one attached hydrogen (secondary N) is 1. The minimum Gasteiger partial charge on any atom is -0.304 e. The van der Waals surface area contributed by atoms with Crippen LogP contribution in [-0.4, -0.2) is 23.6 Å². The van der Waals surface area contributed by atoms with E-state index >= 15 is 0 Å². The van der Waals surface area contributed by atoms with E-state index in [1.807, 2.05) is 0 Å². The first-order valence-electron chi connectivity index (χ1n) is 4.32. The number of ketones is 1. The third kappa shape index (κ3) is 3.45. The molecule has 0 atom stereocenters. The molecule has 0 fully saturated rings. The Labute approximate surface area is 82.3 Å². The summed E-state index contributed by atoms with van der Waals surface area (Å²) in [4.78, 5) is 25.1. The molecule has 14 heavy (non-hydrogen) atoms. The van der Waals surface area contributed by atoms with E-state index in [0.29, 0.717) is 18.7 Å². The summed E-state index contributed by atoms with van der Waals surface area (Å²) in [5.74, 6) is 0.0801. The predicted octanol–water partition coefficient (Wildman–Crippen LogP) is 0.573. The lowest BCUT2D eigenvalue weighted by Gasteiger charge is -2.01. The van der Waals surface area contributed by atoms with Crippen LogP contribution in [0, 0.1) is 0 Å². The van der Waals surface area contributed by atoms with Gasteiger partial charge in [-0.2, -0.15) is 0 Å². The van der Waals surface area contributed by atoms with Crippen LogP contribution in [0.3, 0.4) is 0 Å². The van der Waals surface area contributed by atoms with Crippen molar-refractivity contribution in [2.75, 3.05) is 6.54 Å². The summed E-state index contributed by atoms with van der Waals surface area (Å²) in [5, 5.41) is 2.92. The van der Waals surface area contributed by atoms with E-state index in [1.165, 1.54) is 6.92 Å². The van der Waals surface area contributed by atoms with Crippen LogP contribution < -0.4 is 5.32 Å². The maximum Gasteiger partial charge on any atom is 0.150 e. The molecule has 0 aliphatic rings. The Bertz CT molecular complexity index is 337. The molecule has 1 heterocycles. The third-order valence-electron chi connectivity index (χ3n) is 1.66. The van der Waals surface area contributed by atoms with Gasteiger partial charge in [0.25, 0.3) is 0 Å². The molecule has 0 aromatic carbocycles. The molecule has 1 rings (SSSR count). The second kappa shape index (κ2) is 5.24. The number of pyridine rings is 1. The molecule has 0 unspecified atom stereocenters. The molecule has 0 amide bonds. The summed E-state index contributed by atoms with van der Waals surface area (Å²) in [6, 6.07) is 3.33. The molecule has 1 N–H and O–H groups in total. The molecular weight excluding hydrogens is 180 g/mol. The Morgan fingerprint density at radius 1 is 1.64 bits per heavy atom. The van der Waals surface area contributed by atoms with Crippen molar-refractivity contribution in [1.29, 1.82) is 0 Å². The van der Waals surface area contributed by atoms with Gasteiger partial charge in [0.05, 0.1) is 12.2 Å². The van der Waals surface area contributed by atoms with Gasteiger partial charge in [-0.3, -0.25) is 14.6 Å². The van der Waals surface area contributed by atoms with Crippen LogP contribution in [0.25, 0.3) is 0 Å². The van der Waals surface area contributed by atoms with Gasteiger partial charge in [-0.15, -0.1) is 0 Å². The van der Waals surface area contributed by atoms with E-state index in [2.05, 4.69) is 10.3 Å². The van der Waals surface area contributed by atoms with Gasteiger partial charge in [0.15, 0.2) is 0 Å². The van der Waals surface area contributed by atoms with Crippen molar-refractivity contribution in [3.8, 4) is 0 Å². The average molecular weight is 192 g/mol. The average Bonchev–Trinajstić information content (AvgIpc) is 2.18. The highest BCUT2D eigenvalue weighted by molar-refractivity contribution is 5.77. The largest absolute Gasteiger partial charge is 0.304 e. The SMILES string of the molecule is CC(=O)CNCc1cc(C=O)ccn1. The Balaban J connectivity index is 2.50. The summed E-state index contributed by atoms with van der Waals surface area (Å²) < 4.78 is 0. The molecule has 0 saturated heterocycles. The molecule has 4 nitrogen and oxygen atoms in total. The second-order valence-electron chi connectivity index (χ2n) is 3.00. The first-order chi connectivity index (χ1) is 6.72. The van der Waals surface area contributed by atoms with E-state index in [1.54, 1.807) is 18.3 Å². The monoisotopic (exact) mass is 192 g/mol. The maximum absolute atomic E-state index is 10.6.